The fraction of sp³-hybridized carbons (Fsp3) is 0.667. The maximum absolute atomic E-state index is 14.0. The molecule has 0 aromatic heterocycles. The molecule has 0 saturated carbocycles. The number of thioether (sulfide) groups is 1. The largest absolute Gasteiger partial charge is 0.466 e. The Labute approximate surface area is 212 Å². The molecule has 1 aromatic carbocycles. The molecule has 3 aliphatic rings. The molecule has 2 amide bonds. The van der Waals surface area contributed by atoms with Gasteiger partial charge in [-0.3, -0.25) is 14.4 Å². The molecule has 2 N–H and O–H groups in total. The summed E-state index contributed by atoms with van der Waals surface area (Å²) < 4.78 is 4.77. The van der Waals surface area contributed by atoms with Crippen LogP contribution in [0.25, 0.3) is 0 Å². The SMILES string of the molecule is CCOC(=O)[C@@H]1[C@H]2C(=O)N(CCCCCCO)C(C(=O)Nc3cc(C)ccc3C)C23S[C@@H]1CC3C. The van der Waals surface area contributed by atoms with Crippen molar-refractivity contribution in [2.75, 3.05) is 25.1 Å². The number of nitrogens with one attached hydrogen (secondary N) is 1. The minimum Gasteiger partial charge on any atom is -0.466 e. The van der Waals surface area contributed by atoms with Gasteiger partial charge in [-0.05, 0) is 63.1 Å². The van der Waals surface area contributed by atoms with Crippen molar-refractivity contribution in [2.45, 2.75) is 75.8 Å². The first-order chi connectivity index (χ1) is 16.8. The van der Waals surface area contributed by atoms with E-state index in [2.05, 4.69) is 12.2 Å². The van der Waals surface area contributed by atoms with E-state index in [-0.39, 0.29) is 42.2 Å². The van der Waals surface area contributed by atoms with E-state index in [0.29, 0.717) is 6.54 Å². The molecule has 3 aliphatic heterocycles. The fourth-order valence-corrected chi connectivity index (χ4v) is 8.80. The van der Waals surface area contributed by atoms with Crippen LogP contribution in [0.3, 0.4) is 0 Å². The summed E-state index contributed by atoms with van der Waals surface area (Å²) in [4.78, 5) is 42.6. The smallest absolute Gasteiger partial charge is 0.310 e. The summed E-state index contributed by atoms with van der Waals surface area (Å²) in [5.74, 6) is -1.48. The number of nitrogens with zero attached hydrogens (tertiary/aromatic N) is 1. The highest BCUT2D eigenvalue weighted by Gasteiger charge is 2.76. The van der Waals surface area contributed by atoms with Gasteiger partial charge in [-0.1, -0.05) is 31.9 Å². The van der Waals surface area contributed by atoms with Crippen LogP contribution in [0.2, 0.25) is 0 Å². The van der Waals surface area contributed by atoms with Crippen molar-refractivity contribution < 1.29 is 24.2 Å². The van der Waals surface area contributed by atoms with Crippen LogP contribution in [0.5, 0.6) is 0 Å². The number of aliphatic hydroxyl groups is 1. The Morgan fingerprint density at radius 2 is 1.97 bits per heavy atom. The van der Waals surface area contributed by atoms with Crippen molar-refractivity contribution in [3.63, 3.8) is 0 Å². The standard InChI is InChI=1S/C27H38N2O5S/c1-5-34-26(33)21-20-15-18(4)27(35-20)22(21)25(32)29(12-8-6-7-9-13-30)23(27)24(31)28-19-14-16(2)10-11-17(19)3/h10-11,14,18,20-23,30H,5-9,12-13,15H2,1-4H3,(H,28,31)/t18?,20-,21+,22+,23?,27?/m1/s1. The molecule has 4 rings (SSSR count). The number of hydrogen-bond acceptors (Lipinski definition) is 6. The quantitative estimate of drug-likeness (QED) is 0.374. The number of esters is 1. The molecule has 3 fully saturated rings. The Morgan fingerprint density at radius 1 is 1.23 bits per heavy atom. The van der Waals surface area contributed by atoms with Gasteiger partial charge in [-0.15, -0.1) is 11.8 Å². The van der Waals surface area contributed by atoms with Crippen molar-refractivity contribution in [3.8, 4) is 0 Å². The number of carbonyl (C=O) groups is 3. The summed E-state index contributed by atoms with van der Waals surface area (Å²) >= 11 is 1.67. The Hall–Kier alpha value is -2.06. The Balaban J connectivity index is 1.67. The molecule has 3 saturated heterocycles. The number of rotatable bonds is 10. The van der Waals surface area contributed by atoms with Crippen LogP contribution in [0.1, 0.15) is 57.1 Å². The molecule has 1 aromatic rings. The summed E-state index contributed by atoms with van der Waals surface area (Å²) in [5.41, 5.74) is 2.79. The summed E-state index contributed by atoms with van der Waals surface area (Å²) in [6.45, 7) is 8.77. The van der Waals surface area contributed by atoms with Crippen molar-refractivity contribution in [3.05, 3.63) is 29.3 Å². The van der Waals surface area contributed by atoms with Gasteiger partial charge in [0.1, 0.15) is 6.04 Å². The lowest BCUT2D eigenvalue weighted by Crippen LogP contribution is -2.54. The van der Waals surface area contributed by atoms with Crippen LogP contribution < -0.4 is 5.32 Å². The molecular formula is C27H38N2O5S. The number of carbonyl (C=O) groups excluding carboxylic acids is 3. The molecule has 7 nitrogen and oxygen atoms in total. The first kappa shape index (κ1) is 26.0. The summed E-state index contributed by atoms with van der Waals surface area (Å²) in [6, 6.07) is 5.32. The van der Waals surface area contributed by atoms with Gasteiger partial charge in [-0.25, -0.2) is 0 Å². The van der Waals surface area contributed by atoms with Crippen LogP contribution in [0, 0.1) is 31.6 Å². The average molecular weight is 503 g/mol. The third-order valence-corrected chi connectivity index (χ3v) is 10.1. The second-order valence-electron chi connectivity index (χ2n) is 10.3. The number of ether oxygens (including phenoxy) is 1. The normalized spacial score (nSPS) is 31.1. The minimum absolute atomic E-state index is 0.000657. The minimum atomic E-state index is -0.637. The number of likely N-dealkylation sites (tertiary alicyclic amines) is 1. The van der Waals surface area contributed by atoms with Gasteiger partial charge in [0.25, 0.3) is 0 Å². The van der Waals surface area contributed by atoms with E-state index in [1.54, 1.807) is 23.6 Å². The second-order valence-corrected chi connectivity index (χ2v) is 11.8. The van der Waals surface area contributed by atoms with Crippen molar-refractivity contribution in [1.82, 2.24) is 4.90 Å². The van der Waals surface area contributed by atoms with Crippen LogP contribution in [0.15, 0.2) is 18.2 Å². The average Bonchev–Trinajstić information content (AvgIpc) is 3.40. The fourth-order valence-electron chi connectivity index (χ4n) is 6.39. The Kier molecular flexibility index (Phi) is 7.81. The molecule has 35 heavy (non-hydrogen) atoms. The van der Waals surface area contributed by atoms with Gasteiger partial charge >= 0.3 is 5.97 Å². The van der Waals surface area contributed by atoms with Gasteiger partial charge in [0.2, 0.25) is 11.8 Å². The zero-order chi connectivity index (χ0) is 25.3. The second kappa shape index (κ2) is 10.5. The van der Waals surface area contributed by atoms with Crippen molar-refractivity contribution in [2.24, 2.45) is 17.8 Å². The monoisotopic (exact) mass is 502 g/mol. The topological polar surface area (TPSA) is 95.9 Å². The van der Waals surface area contributed by atoms with Gasteiger partial charge in [0, 0.05) is 24.1 Å². The summed E-state index contributed by atoms with van der Waals surface area (Å²) in [5, 5.41) is 12.2. The highest BCUT2D eigenvalue weighted by molar-refractivity contribution is 8.02. The zero-order valence-corrected chi connectivity index (χ0v) is 22.0. The van der Waals surface area contributed by atoms with E-state index in [0.717, 1.165) is 48.9 Å². The van der Waals surface area contributed by atoms with Crippen LogP contribution in [-0.2, 0) is 19.1 Å². The highest BCUT2D eigenvalue weighted by Crippen LogP contribution is 2.68. The van der Waals surface area contributed by atoms with E-state index in [1.807, 2.05) is 32.0 Å². The summed E-state index contributed by atoms with van der Waals surface area (Å²) in [6.07, 6.45) is 4.05. The van der Waals surface area contributed by atoms with Crippen molar-refractivity contribution in [1.29, 1.82) is 0 Å². The molecule has 192 valence electrons. The predicted molar refractivity (Wildman–Crippen MR) is 137 cm³/mol. The number of amides is 2. The number of aliphatic hydroxyl groups excluding tert-OH is 1. The Bertz CT molecular complexity index is 984. The molecule has 3 heterocycles. The lowest BCUT2D eigenvalue weighted by Gasteiger charge is -2.38. The number of fused-ring (bicyclic) bond motifs is 1. The van der Waals surface area contributed by atoms with Gasteiger partial charge in [0.05, 0.1) is 23.2 Å². The number of benzene rings is 1. The van der Waals surface area contributed by atoms with E-state index < -0.39 is 22.6 Å². The van der Waals surface area contributed by atoms with Crippen LogP contribution in [-0.4, -0.2) is 63.6 Å². The molecule has 2 bridgehead atoms. The molecule has 8 heteroatoms. The van der Waals surface area contributed by atoms with Gasteiger partial charge < -0.3 is 20.1 Å². The third kappa shape index (κ3) is 4.48. The van der Waals surface area contributed by atoms with E-state index >= 15 is 0 Å². The van der Waals surface area contributed by atoms with Crippen LogP contribution in [0.4, 0.5) is 5.69 Å². The molecule has 3 unspecified atom stereocenters. The zero-order valence-electron chi connectivity index (χ0n) is 21.2. The molecule has 0 radical (unpaired) electrons. The maximum Gasteiger partial charge on any atom is 0.310 e. The number of unbranched alkanes of at least 4 members (excludes halogenated alkanes) is 3. The number of anilines is 1. The first-order valence-corrected chi connectivity index (χ1v) is 13.8. The van der Waals surface area contributed by atoms with Gasteiger partial charge in [-0.2, -0.15) is 0 Å². The van der Waals surface area contributed by atoms with Crippen molar-refractivity contribution >= 4 is 35.2 Å². The lowest BCUT2D eigenvalue weighted by molar-refractivity contribution is -0.154. The molecule has 1 spiro atoms. The Morgan fingerprint density at radius 3 is 2.69 bits per heavy atom. The van der Waals surface area contributed by atoms with E-state index in [4.69, 9.17) is 9.84 Å². The molecule has 0 aliphatic carbocycles. The molecule has 6 atom stereocenters. The predicted octanol–water partition coefficient (Wildman–Crippen LogP) is 3.69. The maximum atomic E-state index is 14.0. The summed E-state index contributed by atoms with van der Waals surface area (Å²) in [7, 11) is 0. The van der Waals surface area contributed by atoms with Gasteiger partial charge in [0.15, 0.2) is 0 Å². The number of hydrogen-bond donors (Lipinski definition) is 2. The molecular weight excluding hydrogens is 464 g/mol. The lowest BCUT2D eigenvalue weighted by atomic mass is 9.66. The highest BCUT2D eigenvalue weighted by atomic mass is 32.2. The van der Waals surface area contributed by atoms with E-state index in [1.165, 1.54) is 0 Å². The third-order valence-electron chi connectivity index (χ3n) is 8.01. The van der Waals surface area contributed by atoms with E-state index in [9.17, 15) is 14.4 Å². The first-order valence-electron chi connectivity index (χ1n) is 12.9. The number of aryl methyl sites for hydroxylation is 2. The van der Waals surface area contributed by atoms with Crippen LogP contribution >= 0.6 is 11.8 Å².